The van der Waals surface area contributed by atoms with Crippen molar-refractivity contribution in [2.75, 3.05) is 39.3 Å². The fourth-order valence-corrected chi connectivity index (χ4v) is 7.59. The van der Waals surface area contributed by atoms with Gasteiger partial charge in [0.1, 0.15) is 5.82 Å². The minimum absolute atomic E-state index is 0.00563. The van der Waals surface area contributed by atoms with Crippen LogP contribution < -0.4 is 5.32 Å². The smallest absolute Gasteiger partial charge is 0.252 e. The number of pyridine rings is 1. The van der Waals surface area contributed by atoms with Gasteiger partial charge in [0.25, 0.3) is 5.91 Å². The predicted octanol–water partition coefficient (Wildman–Crippen LogP) is 5.07. The highest BCUT2D eigenvalue weighted by Gasteiger charge is 2.31. The zero-order valence-corrected chi connectivity index (χ0v) is 25.6. The number of amides is 3. The van der Waals surface area contributed by atoms with Gasteiger partial charge in [-0.25, -0.2) is 9.37 Å². The third-order valence-electron chi connectivity index (χ3n) is 9.31. The molecule has 0 radical (unpaired) electrons. The molecule has 0 spiro atoms. The number of rotatable bonds is 8. The second-order valence-electron chi connectivity index (χ2n) is 12.2. The van der Waals surface area contributed by atoms with Gasteiger partial charge in [-0.1, -0.05) is 25.3 Å². The lowest BCUT2D eigenvalue weighted by molar-refractivity contribution is -0.143. The first-order valence-electron chi connectivity index (χ1n) is 15.6. The van der Waals surface area contributed by atoms with E-state index in [1.165, 1.54) is 42.7 Å². The SMILES string of the molecule is CC(NC(=O)c1c(CN2CCN(CC(=O)N3CCCC3)C(=O)C2)c(-c2cccs2)nc2ccc(F)cc12)C1CCCCC1. The number of nitrogens with one attached hydrogen (secondary N) is 1. The molecule has 3 fully saturated rings. The number of benzene rings is 1. The molecule has 10 heteroatoms. The van der Waals surface area contributed by atoms with Crippen molar-refractivity contribution >= 4 is 40.0 Å². The zero-order chi connectivity index (χ0) is 29.9. The standard InChI is InChI=1S/C33H40FN5O3S/c1-22(23-8-3-2-4-9-23)35-33(42)31-25-18-24(34)11-12-27(25)36-32(28-10-7-17-43-28)26(31)19-37-15-16-39(29(40)20-37)21-30(41)38-13-5-6-14-38/h7,10-12,17-18,22-23H,2-6,8-9,13-16,19-21H2,1H3,(H,35,42). The number of likely N-dealkylation sites (tertiary alicyclic amines) is 1. The number of nitrogens with zero attached hydrogens (tertiary/aromatic N) is 4. The lowest BCUT2D eigenvalue weighted by atomic mass is 9.84. The summed E-state index contributed by atoms with van der Waals surface area (Å²) < 4.78 is 14.7. The number of aromatic nitrogens is 1. The second-order valence-corrected chi connectivity index (χ2v) is 13.2. The van der Waals surface area contributed by atoms with E-state index in [1.54, 1.807) is 11.0 Å². The maximum absolute atomic E-state index is 14.7. The molecule has 43 heavy (non-hydrogen) atoms. The molecule has 3 aromatic rings. The molecule has 2 saturated heterocycles. The molecule has 6 rings (SSSR count). The van der Waals surface area contributed by atoms with Crippen molar-refractivity contribution in [3.8, 4) is 10.6 Å². The van der Waals surface area contributed by atoms with E-state index in [9.17, 15) is 18.8 Å². The van der Waals surface area contributed by atoms with Crippen molar-refractivity contribution in [2.45, 2.75) is 64.5 Å². The van der Waals surface area contributed by atoms with E-state index in [0.29, 0.717) is 53.3 Å². The highest BCUT2D eigenvalue weighted by atomic mass is 32.1. The van der Waals surface area contributed by atoms with Crippen LogP contribution in [-0.4, -0.2) is 82.7 Å². The first-order valence-corrected chi connectivity index (χ1v) is 16.5. The molecule has 4 heterocycles. The summed E-state index contributed by atoms with van der Waals surface area (Å²) in [5.41, 5.74) is 2.37. The lowest BCUT2D eigenvalue weighted by Gasteiger charge is -2.35. The van der Waals surface area contributed by atoms with Gasteiger partial charge in [-0.15, -0.1) is 11.3 Å². The Morgan fingerprint density at radius 1 is 1.07 bits per heavy atom. The monoisotopic (exact) mass is 605 g/mol. The van der Waals surface area contributed by atoms with Crippen LogP contribution in [0.25, 0.3) is 21.5 Å². The Bertz CT molecular complexity index is 1480. The summed E-state index contributed by atoms with van der Waals surface area (Å²) in [4.78, 5) is 51.5. The van der Waals surface area contributed by atoms with Crippen molar-refractivity contribution in [1.82, 2.24) is 25.0 Å². The summed E-state index contributed by atoms with van der Waals surface area (Å²) in [6.07, 6.45) is 7.79. The highest BCUT2D eigenvalue weighted by molar-refractivity contribution is 7.13. The number of carbonyl (C=O) groups excluding carboxylic acids is 3. The van der Waals surface area contributed by atoms with Crippen LogP contribution in [0.15, 0.2) is 35.7 Å². The van der Waals surface area contributed by atoms with Crippen LogP contribution >= 0.6 is 11.3 Å². The Labute approximate surface area is 256 Å². The fourth-order valence-electron chi connectivity index (χ4n) is 6.85. The van der Waals surface area contributed by atoms with Crippen LogP contribution in [0.2, 0.25) is 0 Å². The Balaban J connectivity index is 1.31. The molecule has 1 atom stereocenters. The van der Waals surface area contributed by atoms with Gasteiger partial charge in [0, 0.05) is 49.7 Å². The molecule has 2 aliphatic heterocycles. The lowest BCUT2D eigenvalue weighted by Crippen LogP contribution is -2.53. The summed E-state index contributed by atoms with van der Waals surface area (Å²) in [5.74, 6) is -0.342. The molecule has 1 aliphatic carbocycles. The van der Waals surface area contributed by atoms with E-state index in [0.717, 1.165) is 43.6 Å². The molecular weight excluding hydrogens is 565 g/mol. The third-order valence-corrected chi connectivity index (χ3v) is 10.2. The van der Waals surface area contributed by atoms with Crippen molar-refractivity contribution in [3.63, 3.8) is 0 Å². The zero-order valence-electron chi connectivity index (χ0n) is 24.8. The molecule has 3 aliphatic rings. The second kappa shape index (κ2) is 13.1. The van der Waals surface area contributed by atoms with Crippen molar-refractivity contribution in [1.29, 1.82) is 0 Å². The van der Waals surface area contributed by atoms with Gasteiger partial charge in [0.05, 0.1) is 34.7 Å². The molecule has 8 nitrogen and oxygen atoms in total. The quantitative estimate of drug-likeness (QED) is 0.388. The van der Waals surface area contributed by atoms with E-state index >= 15 is 0 Å². The first-order chi connectivity index (χ1) is 20.9. The van der Waals surface area contributed by atoms with Crippen LogP contribution in [0.3, 0.4) is 0 Å². The van der Waals surface area contributed by atoms with Crippen LogP contribution in [-0.2, 0) is 16.1 Å². The maximum Gasteiger partial charge on any atom is 0.252 e. The van der Waals surface area contributed by atoms with Crippen molar-refractivity contribution in [3.05, 3.63) is 52.7 Å². The molecule has 0 bridgehead atoms. The number of piperazine rings is 1. The minimum Gasteiger partial charge on any atom is -0.349 e. The number of thiophene rings is 1. The molecule has 2 aromatic heterocycles. The van der Waals surface area contributed by atoms with Gasteiger partial charge in [-0.3, -0.25) is 19.3 Å². The number of hydrogen-bond donors (Lipinski definition) is 1. The van der Waals surface area contributed by atoms with Crippen molar-refractivity contribution in [2.24, 2.45) is 5.92 Å². The number of carbonyl (C=O) groups is 3. The molecule has 1 unspecified atom stereocenters. The Morgan fingerprint density at radius 3 is 2.58 bits per heavy atom. The normalized spacial score (nSPS) is 19.3. The van der Waals surface area contributed by atoms with Gasteiger partial charge >= 0.3 is 0 Å². The van der Waals surface area contributed by atoms with Gasteiger partial charge in [-0.05, 0) is 68.2 Å². The summed E-state index contributed by atoms with van der Waals surface area (Å²) in [7, 11) is 0. The van der Waals surface area contributed by atoms with Gasteiger partial charge in [0.15, 0.2) is 0 Å². The average molecular weight is 606 g/mol. The van der Waals surface area contributed by atoms with Gasteiger partial charge < -0.3 is 15.1 Å². The topological polar surface area (TPSA) is 85.9 Å². The van der Waals surface area contributed by atoms with E-state index < -0.39 is 5.82 Å². The van der Waals surface area contributed by atoms with E-state index in [-0.39, 0.29) is 36.9 Å². The maximum atomic E-state index is 14.7. The van der Waals surface area contributed by atoms with Gasteiger partial charge in [0.2, 0.25) is 11.8 Å². The Hall–Kier alpha value is -3.37. The highest BCUT2D eigenvalue weighted by Crippen LogP contribution is 2.35. The molecule has 1 saturated carbocycles. The number of fused-ring (bicyclic) bond motifs is 1. The molecular formula is C33H40FN5O3S. The summed E-state index contributed by atoms with van der Waals surface area (Å²) in [6.45, 7) is 5.14. The van der Waals surface area contributed by atoms with Crippen molar-refractivity contribution < 1.29 is 18.8 Å². The largest absolute Gasteiger partial charge is 0.349 e. The Kier molecular flexibility index (Phi) is 9.04. The summed E-state index contributed by atoms with van der Waals surface area (Å²) >= 11 is 1.54. The van der Waals surface area contributed by atoms with E-state index in [1.807, 2.05) is 27.3 Å². The Morgan fingerprint density at radius 2 is 1.86 bits per heavy atom. The van der Waals surface area contributed by atoms with Crippen LogP contribution in [0.1, 0.15) is 67.8 Å². The summed E-state index contributed by atoms with van der Waals surface area (Å²) in [5, 5.41) is 5.72. The molecule has 228 valence electrons. The average Bonchev–Trinajstić information content (AvgIpc) is 3.74. The molecule has 1 aromatic carbocycles. The molecule has 1 N–H and O–H groups in total. The number of halogens is 1. The van der Waals surface area contributed by atoms with E-state index in [2.05, 4.69) is 12.2 Å². The van der Waals surface area contributed by atoms with Gasteiger partial charge in [-0.2, -0.15) is 0 Å². The van der Waals surface area contributed by atoms with Crippen LogP contribution in [0.5, 0.6) is 0 Å². The molecule has 3 amide bonds. The fraction of sp³-hybridized carbons (Fsp3) is 0.515. The predicted molar refractivity (Wildman–Crippen MR) is 166 cm³/mol. The number of hydrogen-bond acceptors (Lipinski definition) is 6. The minimum atomic E-state index is -0.426. The first kappa shape index (κ1) is 29.7. The van der Waals surface area contributed by atoms with Crippen LogP contribution in [0.4, 0.5) is 4.39 Å². The van der Waals surface area contributed by atoms with E-state index in [4.69, 9.17) is 4.98 Å². The summed E-state index contributed by atoms with van der Waals surface area (Å²) in [6, 6.07) is 8.32. The van der Waals surface area contributed by atoms with Crippen LogP contribution in [0, 0.1) is 11.7 Å². The third kappa shape index (κ3) is 6.60.